The quantitative estimate of drug-likeness (QED) is 0.195. The second-order valence-corrected chi connectivity index (χ2v) is 9.53. The molecule has 0 aliphatic rings. The first-order valence-corrected chi connectivity index (χ1v) is 12.1. The van der Waals surface area contributed by atoms with Crippen molar-refractivity contribution in [2.45, 2.75) is 32.8 Å². The number of amides is 2. The molecular weight excluding hydrogens is 509 g/mol. The molecule has 36 heavy (non-hydrogen) atoms. The van der Waals surface area contributed by atoms with E-state index in [-0.39, 0.29) is 45.1 Å². The van der Waals surface area contributed by atoms with Gasteiger partial charge in [-0.1, -0.05) is 61.3 Å². The molecule has 0 saturated carbocycles. The van der Waals surface area contributed by atoms with E-state index in [0.29, 0.717) is 27.0 Å². The van der Waals surface area contributed by atoms with Gasteiger partial charge in [-0.25, -0.2) is 0 Å². The summed E-state index contributed by atoms with van der Waals surface area (Å²) in [6, 6.07) is 12.3. The van der Waals surface area contributed by atoms with Gasteiger partial charge in [0.1, 0.15) is 12.7 Å². The molecule has 0 saturated heterocycles. The van der Waals surface area contributed by atoms with Crippen LogP contribution in [0.4, 0.5) is 11.4 Å². The summed E-state index contributed by atoms with van der Waals surface area (Å²) in [5.74, 6) is -1.49. The van der Waals surface area contributed by atoms with E-state index in [1.807, 2.05) is 6.07 Å². The molecule has 0 aliphatic heterocycles. The van der Waals surface area contributed by atoms with Crippen LogP contribution < -0.4 is 16.0 Å². The molecule has 9 nitrogen and oxygen atoms in total. The Bertz CT molecular complexity index is 1040. The van der Waals surface area contributed by atoms with Crippen molar-refractivity contribution in [2.24, 2.45) is 5.41 Å². The van der Waals surface area contributed by atoms with Crippen LogP contribution in [-0.4, -0.2) is 60.4 Å². The predicted molar refractivity (Wildman–Crippen MR) is 138 cm³/mol. The molecule has 0 fully saturated rings. The van der Waals surface area contributed by atoms with Crippen molar-refractivity contribution in [3.8, 4) is 0 Å². The summed E-state index contributed by atoms with van der Waals surface area (Å²) in [6.45, 7) is 2.84. The molecule has 0 bridgehead atoms. The predicted octanol–water partition coefficient (Wildman–Crippen LogP) is 2.82. The van der Waals surface area contributed by atoms with Crippen molar-refractivity contribution in [1.82, 2.24) is 10.6 Å². The zero-order chi connectivity index (χ0) is 26.7. The van der Waals surface area contributed by atoms with E-state index in [4.69, 9.17) is 27.9 Å². The number of ether oxygens (including phenoxy) is 1. The third kappa shape index (κ3) is 8.98. The van der Waals surface area contributed by atoms with Crippen LogP contribution in [0.1, 0.15) is 25.8 Å². The van der Waals surface area contributed by atoms with E-state index in [2.05, 4.69) is 16.0 Å². The number of nitrogens with one attached hydrogen (secondary N) is 3. The average molecular weight is 540 g/mol. The van der Waals surface area contributed by atoms with E-state index in [1.165, 1.54) is 0 Å². The van der Waals surface area contributed by atoms with Crippen LogP contribution in [0.15, 0.2) is 42.5 Å². The van der Waals surface area contributed by atoms with Crippen molar-refractivity contribution in [2.75, 3.05) is 31.6 Å². The lowest BCUT2D eigenvalue weighted by atomic mass is 9.87. The summed E-state index contributed by atoms with van der Waals surface area (Å²) in [5.41, 5.74) is 0.887. The SMILES string of the molecule is CC(C)(CO)[C@@H](O)C(=O)NCCC(=O)NCCOC(=O)Cc1ccccc1Nc1c(Cl)cccc1Cl. The summed E-state index contributed by atoms with van der Waals surface area (Å²) in [5, 5.41) is 28.2. The molecular formula is C25H31Cl2N3O6. The number of carbonyl (C=O) groups excluding carboxylic acids is 3. The molecule has 2 rings (SSSR count). The number of halogens is 2. The van der Waals surface area contributed by atoms with Crippen LogP contribution in [0.3, 0.4) is 0 Å². The summed E-state index contributed by atoms with van der Waals surface area (Å²) >= 11 is 12.4. The lowest BCUT2D eigenvalue weighted by Gasteiger charge is -2.27. The standard InChI is InChI=1S/C25H31Cl2N3O6/c1-25(2,15-31)23(34)24(35)29-11-10-20(32)28-12-13-36-21(33)14-16-6-3-4-9-19(16)30-22-17(26)7-5-8-18(22)27/h3-9,23,30-31,34H,10-15H2,1-2H3,(H,28,32)(H,29,35)/t23-/m0/s1. The maximum Gasteiger partial charge on any atom is 0.310 e. The number of esters is 1. The van der Waals surface area contributed by atoms with Crippen LogP contribution in [0.5, 0.6) is 0 Å². The van der Waals surface area contributed by atoms with Crippen LogP contribution in [-0.2, 0) is 25.5 Å². The van der Waals surface area contributed by atoms with Gasteiger partial charge < -0.3 is 30.9 Å². The number of aliphatic hydroxyl groups excluding tert-OH is 2. The molecule has 2 aromatic carbocycles. The fraction of sp³-hybridized carbons (Fsp3) is 0.400. The summed E-state index contributed by atoms with van der Waals surface area (Å²) in [4.78, 5) is 36.1. The Balaban J connectivity index is 1.73. The van der Waals surface area contributed by atoms with Gasteiger partial charge in [0.25, 0.3) is 0 Å². The van der Waals surface area contributed by atoms with Crippen molar-refractivity contribution in [1.29, 1.82) is 0 Å². The van der Waals surface area contributed by atoms with Crippen molar-refractivity contribution in [3.05, 3.63) is 58.1 Å². The number of hydrogen-bond acceptors (Lipinski definition) is 7. The largest absolute Gasteiger partial charge is 0.464 e. The van der Waals surface area contributed by atoms with E-state index < -0.39 is 23.4 Å². The highest BCUT2D eigenvalue weighted by atomic mass is 35.5. The number of carbonyl (C=O) groups is 3. The van der Waals surface area contributed by atoms with E-state index in [1.54, 1.807) is 50.2 Å². The normalized spacial score (nSPS) is 11.9. The Hall–Kier alpha value is -2.85. The number of benzene rings is 2. The van der Waals surface area contributed by atoms with Crippen molar-refractivity contribution < 1.29 is 29.3 Å². The maximum atomic E-state index is 12.3. The first-order valence-electron chi connectivity index (χ1n) is 11.3. The van der Waals surface area contributed by atoms with E-state index in [9.17, 15) is 24.6 Å². The first kappa shape index (κ1) is 29.4. The molecule has 0 heterocycles. The Morgan fingerprint density at radius 2 is 1.67 bits per heavy atom. The Kier molecular flexibility index (Phi) is 11.5. The number of para-hydroxylation sites is 2. The molecule has 11 heteroatoms. The monoisotopic (exact) mass is 539 g/mol. The molecule has 0 radical (unpaired) electrons. The van der Waals surface area contributed by atoms with Gasteiger partial charge in [-0.2, -0.15) is 0 Å². The van der Waals surface area contributed by atoms with Crippen molar-refractivity contribution in [3.63, 3.8) is 0 Å². The lowest BCUT2D eigenvalue weighted by molar-refractivity contribution is -0.143. The third-order valence-corrected chi connectivity index (χ3v) is 5.94. The molecule has 2 aromatic rings. The third-order valence-electron chi connectivity index (χ3n) is 5.31. The van der Waals surface area contributed by atoms with E-state index >= 15 is 0 Å². The minimum absolute atomic E-state index is 0.00224. The minimum atomic E-state index is -1.40. The van der Waals surface area contributed by atoms with Crippen LogP contribution >= 0.6 is 23.2 Å². The van der Waals surface area contributed by atoms with Gasteiger partial charge in [-0.3, -0.25) is 14.4 Å². The second-order valence-electron chi connectivity index (χ2n) is 8.72. The van der Waals surface area contributed by atoms with Gasteiger partial charge in [0.2, 0.25) is 11.8 Å². The van der Waals surface area contributed by atoms with Crippen LogP contribution in [0.2, 0.25) is 10.0 Å². The van der Waals surface area contributed by atoms with Gasteiger partial charge in [-0.15, -0.1) is 0 Å². The zero-order valence-corrected chi connectivity index (χ0v) is 21.7. The fourth-order valence-electron chi connectivity index (χ4n) is 3.04. The highest BCUT2D eigenvalue weighted by Crippen LogP contribution is 2.33. The molecule has 196 valence electrons. The molecule has 0 unspecified atom stereocenters. The van der Waals surface area contributed by atoms with Gasteiger partial charge in [0, 0.05) is 24.1 Å². The Morgan fingerprint density at radius 1 is 1.00 bits per heavy atom. The summed E-state index contributed by atoms with van der Waals surface area (Å²) in [6.07, 6.45) is -1.42. The first-order chi connectivity index (χ1) is 17.0. The fourth-order valence-corrected chi connectivity index (χ4v) is 3.53. The number of hydrogen-bond donors (Lipinski definition) is 5. The van der Waals surface area contributed by atoms with Crippen LogP contribution in [0, 0.1) is 5.41 Å². The average Bonchev–Trinajstić information content (AvgIpc) is 2.84. The molecule has 0 aromatic heterocycles. The highest BCUT2D eigenvalue weighted by Gasteiger charge is 2.32. The summed E-state index contributed by atoms with van der Waals surface area (Å²) < 4.78 is 5.21. The molecule has 0 aliphatic carbocycles. The molecule has 0 spiro atoms. The maximum absolute atomic E-state index is 12.3. The second kappa shape index (κ2) is 14.0. The highest BCUT2D eigenvalue weighted by molar-refractivity contribution is 6.39. The van der Waals surface area contributed by atoms with Crippen LogP contribution in [0.25, 0.3) is 0 Å². The molecule has 1 atom stereocenters. The number of anilines is 2. The topological polar surface area (TPSA) is 137 Å². The zero-order valence-electron chi connectivity index (χ0n) is 20.1. The number of rotatable bonds is 13. The van der Waals surface area contributed by atoms with Crippen molar-refractivity contribution >= 4 is 52.4 Å². The minimum Gasteiger partial charge on any atom is -0.464 e. The van der Waals surface area contributed by atoms with Gasteiger partial charge in [0.05, 0.1) is 35.3 Å². The molecule has 2 amide bonds. The number of aliphatic hydroxyl groups is 2. The van der Waals surface area contributed by atoms with Gasteiger partial charge in [0.15, 0.2) is 0 Å². The Labute approximate surface area is 220 Å². The van der Waals surface area contributed by atoms with Gasteiger partial charge >= 0.3 is 5.97 Å². The Morgan fingerprint density at radius 3 is 2.33 bits per heavy atom. The molecule has 5 N–H and O–H groups in total. The smallest absolute Gasteiger partial charge is 0.310 e. The lowest BCUT2D eigenvalue weighted by Crippen LogP contribution is -2.46. The summed E-state index contributed by atoms with van der Waals surface area (Å²) in [7, 11) is 0. The van der Waals surface area contributed by atoms with E-state index in [0.717, 1.165) is 0 Å². The van der Waals surface area contributed by atoms with Gasteiger partial charge in [-0.05, 0) is 23.8 Å².